The molecule has 3 nitrogen and oxygen atoms in total. The van der Waals surface area contributed by atoms with E-state index in [1.807, 2.05) is 18.2 Å². The van der Waals surface area contributed by atoms with Gasteiger partial charge in [-0.25, -0.2) is 0 Å². The Balaban J connectivity index is 2.26. The number of hydrogen-bond acceptors (Lipinski definition) is 2. The standard InChI is InChI=1S/C21H34N2O/c1-20(2,3)22-15-11-10-14-18(22)19(24)23(21(4,5)6)16-17-12-8-7-9-13-17/h7-9,12-13,18H,10-11,14-16H2,1-6H3. The van der Waals surface area contributed by atoms with Crippen molar-refractivity contribution in [1.82, 2.24) is 9.80 Å². The molecule has 0 saturated carbocycles. The average Bonchev–Trinajstić information content (AvgIpc) is 2.51. The zero-order chi connectivity index (χ0) is 18.0. The molecule has 2 rings (SSSR count). The minimum absolute atomic E-state index is 0.00156. The topological polar surface area (TPSA) is 23.6 Å². The van der Waals surface area contributed by atoms with E-state index in [4.69, 9.17) is 0 Å². The molecular weight excluding hydrogens is 296 g/mol. The molecule has 1 unspecified atom stereocenters. The Labute approximate surface area is 148 Å². The van der Waals surface area contributed by atoms with Crippen LogP contribution in [-0.4, -0.2) is 39.4 Å². The Morgan fingerprint density at radius 3 is 2.25 bits per heavy atom. The van der Waals surface area contributed by atoms with Gasteiger partial charge in [-0.1, -0.05) is 36.8 Å². The van der Waals surface area contributed by atoms with Crippen molar-refractivity contribution in [3.63, 3.8) is 0 Å². The van der Waals surface area contributed by atoms with Gasteiger partial charge >= 0.3 is 0 Å². The number of amides is 1. The molecule has 24 heavy (non-hydrogen) atoms. The summed E-state index contributed by atoms with van der Waals surface area (Å²) in [6, 6.07) is 10.3. The lowest BCUT2D eigenvalue weighted by atomic mass is 9.92. The van der Waals surface area contributed by atoms with Crippen molar-refractivity contribution in [1.29, 1.82) is 0 Å². The molecule has 1 fully saturated rings. The van der Waals surface area contributed by atoms with Crippen LogP contribution in [0.4, 0.5) is 0 Å². The fourth-order valence-corrected chi connectivity index (χ4v) is 3.58. The maximum Gasteiger partial charge on any atom is 0.240 e. The van der Waals surface area contributed by atoms with Crippen molar-refractivity contribution in [2.75, 3.05) is 6.54 Å². The summed E-state index contributed by atoms with van der Waals surface area (Å²) in [5, 5.41) is 0. The highest BCUT2D eigenvalue weighted by atomic mass is 16.2. The van der Waals surface area contributed by atoms with Gasteiger partial charge in [-0.2, -0.15) is 0 Å². The first kappa shape index (κ1) is 19.0. The first-order valence-electron chi connectivity index (χ1n) is 9.23. The van der Waals surface area contributed by atoms with Gasteiger partial charge in [0.15, 0.2) is 0 Å². The Morgan fingerprint density at radius 1 is 1.08 bits per heavy atom. The lowest BCUT2D eigenvalue weighted by Gasteiger charge is -2.47. The highest BCUT2D eigenvalue weighted by Gasteiger charge is 2.39. The van der Waals surface area contributed by atoms with Gasteiger partial charge in [-0.3, -0.25) is 9.69 Å². The van der Waals surface area contributed by atoms with Gasteiger partial charge in [-0.05, 0) is 66.5 Å². The zero-order valence-corrected chi connectivity index (χ0v) is 16.3. The molecule has 0 N–H and O–H groups in total. The van der Waals surface area contributed by atoms with E-state index in [1.54, 1.807) is 0 Å². The van der Waals surface area contributed by atoms with Crippen LogP contribution in [0.2, 0.25) is 0 Å². The summed E-state index contributed by atoms with van der Waals surface area (Å²) in [6.45, 7) is 14.8. The maximum atomic E-state index is 13.5. The third kappa shape index (κ3) is 4.60. The highest BCUT2D eigenvalue weighted by Crippen LogP contribution is 2.29. The van der Waals surface area contributed by atoms with E-state index in [2.05, 4.69) is 63.5 Å². The van der Waals surface area contributed by atoms with Crippen LogP contribution in [0.25, 0.3) is 0 Å². The smallest absolute Gasteiger partial charge is 0.240 e. The molecule has 0 aromatic heterocycles. The summed E-state index contributed by atoms with van der Waals surface area (Å²) >= 11 is 0. The summed E-state index contributed by atoms with van der Waals surface area (Å²) < 4.78 is 0. The second kappa shape index (κ2) is 7.26. The summed E-state index contributed by atoms with van der Waals surface area (Å²) in [6.07, 6.45) is 3.30. The van der Waals surface area contributed by atoms with Crippen LogP contribution in [0.1, 0.15) is 66.4 Å². The molecule has 1 saturated heterocycles. The molecule has 3 heteroatoms. The third-order valence-corrected chi connectivity index (χ3v) is 4.91. The van der Waals surface area contributed by atoms with Gasteiger partial charge in [0, 0.05) is 17.6 Å². The SMILES string of the molecule is CC(C)(C)N(Cc1ccccc1)C(=O)C1CCCCN1C(C)(C)C. The van der Waals surface area contributed by atoms with Crippen LogP contribution >= 0.6 is 0 Å². The Morgan fingerprint density at radius 2 is 1.71 bits per heavy atom. The highest BCUT2D eigenvalue weighted by molar-refractivity contribution is 5.82. The van der Waals surface area contributed by atoms with Gasteiger partial charge in [0.25, 0.3) is 0 Å². The number of carbonyl (C=O) groups excluding carboxylic acids is 1. The number of rotatable bonds is 3. The second-order valence-electron chi connectivity index (χ2n) is 8.96. The molecule has 1 aromatic carbocycles. The van der Waals surface area contributed by atoms with E-state index in [1.165, 1.54) is 12.0 Å². The molecular formula is C21H34N2O. The maximum absolute atomic E-state index is 13.5. The monoisotopic (exact) mass is 330 g/mol. The largest absolute Gasteiger partial charge is 0.332 e. The van der Waals surface area contributed by atoms with E-state index < -0.39 is 0 Å². The van der Waals surface area contributed by atoms with Crippen LogP contribution in [-0.2, 0) is 11.3 Å². The van der Waals surface area contributed by atoms with Crippen molar-refractivity contribution in [3.8, 4) is 0 Å². The van der Waals surface area contributed by atoms with Gasteiger partial charge in [0.2, 0.25) is 5.91 Å². The van der Waals surface area contributed by atoms with Crippen LogP contribution in [0, 0.1) is 0 Å². The second-order valence-corrected chi connectivity index (χ2v) is 8.96. The summed E-state index contributed by atoms with van der Waals surface area (Å²) in [5.74, 6) is 0.279. The van der Waals surface area contributed by atoms with Crippen molar-refractivity contribution in [3.05, 3.63) is 35.9 Å². The number of carbonyl (C=O) groups is 1. The zero-order valence-electron chi connectivity index (χ0n) is 16.3. The summed E-state index contributed by atoms with van der Waals surface area (Å²) in [4.78, 5) is 18.0. The van der Waals surface area contributed by atoms with Gasteiger partial charge < -0.3 is 4.90 Å². The van der Waals surface area contributed by atoms with Gasteiger partial charge in [0.05, 0.1) is 6.04 Å². The molecule has 1 amide bonds. The third-order valence-electron chi connectivity index (χ3n) is 4.91. The molecule has 0 aliphatic carbocycles. The summed E-state index contributed by atoms with van der Waals surface area (Å²) in [5.41, 5.74) is 1.03. The first-order valence-corrected chi connectivity index (χ1v) is 9.23. The molecule has 0 radical (unpaired) electrons. The van der Waals surface area contributed by atoms with Crippen molar-refractivity contribution >= 4 is 5.91 Å². The molecule has 134 valence electrons. The number of benzene rings is 1. The number of piperidine rings is 1. The van der Waals surface area contributed by atoms with Gasteiger partial charge in [0.1, 0.15) is 0 Å². The van der Waals surface area contributed by atoms with Crippen molar-refractivity contribution in [2.45, 2.75) is 84.5 Å². The van der Waals surface area contributed by atoms with Crippen LogP contribution in [0.5, 0.6) is 0 Å². The number of hydrogen-bond donors (Lipinski definition) is 0. The predicted octanol–water partition coefficient (Wildman–Crippen LogP) is 4.47. The predicted molar refractivity (Wildman–Crippen MR) is 101 cm³/mol. The van der Waals surface area contributed by atoms with E-state index in [-0.39, 0.29) is 23.0 Å². The molecule has 1 heterocycles. The van der Waals surface area contributed by atoms with E-state index in [9.17, 15) is 4.79 Å². The van der Waals surface area contributed by atoms with Crippen LogP contribution in [0.15, 0.2) is 30.3 Å². The molecule has 1 aromatic rings. The first-order chi connectivity index (χ1) is 11.1. The van der Waals surface area contributed by atoms with Crippen molar-refractivity contribution in [2.24, 2.45) is 0 Å². The fraction of sp³-hybridized carbons (Fsp3) is 0.667. The fourth-order valence-electron chi connectivity index (χ4n) is 3.58. The number of nitrogens with zero attached hydrogens (tertiary/aromatic N) is 2. The minimum Gasteiger partial charge on any atom is -0.332 e. The molecule has 1 atom stereocenters. The van der Waals surface area contributed by atoms with E-state index >= 15 is 0 Å². The van der Waals surface area contributed by atoms with Crippen LogP contribution < -0.4 is 0 Å². The lowest BCUT2D eigenvalue weighted by Crippen LogP contribution is -2.59. The quantitative estimate of drug-likeness (QED) is 0.816. The van der Waals surface area contributed by atoms with Crippen LogP contribution in [0.3, 0.4) is 0 Å². The minimum atomic E-state index is -0.187. The average molecular weight is 331 g/mol. The lowest BCUT2D eigenvalue weighted by molar-refractivity contribution is -0.146. The Bertz CT molecular complexity index is 539. The van der Waals surface area contributed by atoms with E-state index in [0.29, 0.717) is 6.54 Å². The molecule has 1 aliphatic rings. The summed E-state index contributed by atoms with van der Waals surface area (Å²) in [7, 11) is 0. The molecule has 0 bridgehead atoms. The molecule has 1 aliphatic heterocycles. The normalized spacial score (nSPS) is 20.0. The Hall–Kier alpha value is -1.35. The number of likely N-dealkylation sites (tertiary alicyclic amines) is 1. The Kier molecular flexibility index (Phi) is 5.74. The van der Waals surface area contributed by atoms with E-state index in [0.717, 1.165) is 19.4 Å². The van der Waals surface area contributed by atoms with Crippen molar-refractivity contribution < 1.29 is 4.79 Å². The molecule has 0 spiro atoms. The van der Waals surface area contributed by atoms with Gasteiger partial charge in [-0.15, -0.1) is 0 Å².